The molecule has 7 heteroatoms. The first-order valence-corrected chi connectivity index (χ1v) is 8.99. The van der Waals surface area contributed by atoms with Gasteiger partial charge in [0.25, 0.3) is 5.56 Å². The molecule has 0 spiro atoms. The molecule has 4 nitrogen and oxygen atoms in total. The van der Waals surface area contributed by atoms with Gasteiger partial charge in [-0.3, -0.25) is 9.36 Å². The fourth-order valence-corrected chi connectivity index (χ4v) is 4.56. The maximum atomic E-state index is 12.5. The van der Waals surface area contributed by atoms with Gasteiger partial charge in [0, 0.05) is 18.1 Å². The van der Waals surface area contributed by atoms with Crippen molar-refractivity contribution in [2.45, 2.75) is 23.9 Å². The highest BCUT2D eigenvalue weighted by Crippen LogP contribution is 2.35. The lowest BCUT2D eigenvalue weighted by Crippen LogP contribution is -2.22. The van der Waals surface area contributed by atoms with E-state index in [2.05, 4.69) is 23.5 Å². The zero-order valence-electron chi connectivity index (χ0n) is 11.4. The smallest absolute Gasteiger partial charge is 0.263 e. The molecule has 0 amide bonds. The molecule has 0 N–H and O–H groups in total. The minimum absolute atomic E-state index is 0.00464. The topological polar surface area (TPSA) is 47.8 Å². The van der Waals surface area contributed by atoms with Gasteiger partial charge in [0.15, 0.2) is 5.16 Å². The molecule has 1 atom stereocenters. The Kier molecular flexibility index (Phi) is 4.23. The van der Waals surface area contributed by atoms with Crippen LogP contribution in [0.15, 0.2) is 45.6 Å². The van der Waals surface area contributed by atoms with E-state index in [4.69, 9.17) is 0 Å². The molecule has 0 saturated carbocycles. The van der Waals surface area contributed by atoms with Crippen molar-refractivity contribution < 1.29 is 0 Å². The van der Waals surface area contributed by atoms with Gasteiger partial charge in [-0.25, -0.2) is 9.97 Å². The monoisotopic (exact) mass is 335 g/mol. The second kappa shape index (κ2) is 6.13. The van der Waals surface area contributed by atoms with Gasteiger partial charge >= 0.3 is 0 Å². The fraction of sp³-hybridized carbons (Fsp3) is 0.214. The van der Waals surface area contributed by atoms with Gasteiger partial charge < -0.3 is 0 Å². The maximum absolute atomic E-state index is 12.5. The summed E-state index contributed by atoms with van der Waals surface area (Å²) in [6.45, 7) is 6.27. The van der Waals surface area contributed by atoms with E-state index in [-0.39, 0.29) is 10.8 Å². The molecule has 0 aliphatic rings. The maximum Gasteiger partial charge on any atom is 0.263 e. The summed E-state index contributed by atoms with van der Waals surface area (Å²) in [5, 5.41) is 6.44. The van der Waals surface area contributed by atoms with Crippen molar-refractivity contribution in [2.75, 3.05) is 0 Å². The minimum atomic E-state index is -0.00464. The molecule has 0 bridgehead atoms. The number of thiophene rings is 1. The van der Waals surface area contributed by atoms with Crippen LogP contribution in [0.25, 0.3) is 10.2 Å². The lowest BCUT2D eigenvalue weighted by molar-refractivity contribution is 0.671. The van der Waals surface area contributed by atoms with E-state index < -0.39 is 0 Å². The highest BCUT2D eigenvalue weighted by molar-refractivity contribution is 7.99. The Balaban J connectivity index is 2.05. The Labute approximate surface area is 134 Å². The van der Waals surface area contributed by atoms with Crippen molar-refractivity contribution >= 4 is 44.7 Å². The SMILES string of the molecule is C=CCn1c(S[C@H](C)c2nccs2)nc2sccc2c1=O. The molecule has 3 rings (SSSR count). The molecular weight excluding hydrogens is 322 g/mol. The standard InChI is InChI=1S/C14H13N3OS3/c1-3-6-17-13(18)10-4-7-19-12(10)16-14(17)21-9(2)11-15-5-8-20-11/h3-5,7-9H,1,6H2,2H3/t9-/m1/s1. The van der Waals surface area contributed by atoms with Gasteiger partial charge in [-0.05, 0) is 18.4 Å². The minimum Gasteiger partial charge on any atom is -0.283 e. The Bertz CT molecular complexity index is 820. The molecule has 0 unspecified atom stereocenters. The number of thiazole rings is 1. The van der Waals surface area contributed by atoms with Gasteiger partial charge in [0.2, 0.25) is 0 Å². The van der Waals surface area contributed by atoms with Crippen molar-refractivity contribution in [1.82, 2.24) is 14.5 Å². The van der Waals surface area contributed by atoms with Gasteiger partial charge in [-0.2, -0.15) is 0 Å². The van der Waals surface area contributed by atoms with E-state index in [0.717, 1.165) is 15.0 Å². The lowest BCUT2D eigenvalue weighted by Gasteiger charge is -2.13. The molecular formula is C14H13N3OS3. The number of hydrogen-bond acceptors (Lipinski definition) is 6. The second-order valence-electron chi connectivity index (χ2n) is 4.37. The Morgan fingerprint density at radius 3 is 3.05 bits per heavy atom. The molecule has 0 aromatic carbocycles. The van der Waals surface area contributed by atoms with Crippen molar-refractivity contribution in [3.8, 4) is 0 Å². The van der Waals surface area contributed by atoms with Gasteiger partial charge in [0.1, 0.15) is 9.84 Å². The number of allylic oxidation sites excluding steroid dienone is 1. The number of hydrogen-bond donors (Lipinski definition) is 0. The second-order valence-corrected chi connectivity index (χ2v) is 7.50. The molecule has 3 aromatic rings. The normalized spacial score (nSPS) is 12.6. The van der Waals surface area contributed by atoms with Gasteiger partial charge in [-0.15, -0.1) is 29.3 Å². The zero-order chi connectivity index (χ0) is 14.8. The summed E-state index contributed by atoms with van der Waals surface area (Å²) < 4.78 is 1.68. The highest BCUT2D eigenvalue weighted by Gasteiger charge is 2.16. The van der Waals surface area contributed by atoms with E-state index in [1.54, 1.807) is 39.9 Å². The van der Waals surface area contributed by atoms with Crippen LogP contribution in [0.2, 0.25) is 0 Å². The van der Waals surface area contributed by atoms with Crippen molar-refractivity contribution in [2.24, 2.45) is 0 Å². The summed E-state index contributed by atoms with van der Waals surface area (Å²) >= 11 is 4.66. The first kappa shape index (κ1) is 14.5. The quantitative estimate of drug-likeness (QED) is 0.402. The third-order valence-electron chi connectivity index (χ3n) is 2.94. The number of rotatable bonds is 5. The largest absolute Gasteiger partial charge is 0.283 e. The summed E-state index contributed by atoms with van der Waals surface area (Å²) in [5.41, 5.74) is -0.00464. The molecule has 3 aromatic heterocycles. The molecule has 21 heavy (non-hydrogen) atoms. The predicted octanol–water partition coefficient (Wildman–Crippen LogP) is 3.95. The first-order chi connectivity index (χ1) is 10.2. The summed E-state index contributed by atoms with van der Waals surface area (Å²) in [7, 11) is 0. The molecule has 0 radical (unpaired) electrons. The average Bonchev–Trinajstić information content (AvgIpc) is 3.13. The van der Waals surface area contributed by atoms with Crippen molar-refractivity contribution in [1.29, 1.82) is 0 Å². The fourth-order valence-electron chi connectivity index (χ4n) is 1.95. The number of aromatic nitrogens is 3. The third kappa shape index (κ3) is 2.81. The Morgan fingerprint density at radius 2 is 2.33 bits per heavy atom. The number of thioether (sulfide) groups is 1. The van der Waals surface area contributed by atoms with E-state index >= 15 is 0 Å². The van der Waals surface area contributed by atoms with Crippen LogP contribution in [0.5, 0.6) is 0 Å². The molecule has 0 aliphatic carbocycles. The van der Waals surface area contributed by atoms with Crippen LogP contribution in [0.3, 0.4) is 0 Å². The number of nitrogens with zero attached hydrogens (tertiary/aromatic N) is 3. The van der Waals surface area contributed by atoms with Crippen molar-refractivity contribution in [3.63, 3.8) is 0 Å². The summed E-state index contributed by atoms with van der Waals surface area (Å²) in [6, 6.07) is 1.83. The van der Waals surface area contributed by atoms with Crippen LogP contribution in [0.4, 0.5) is 0 Å². The molecule has 0 aliphatic heterocycles. The van der Waals surface area contributed by atoms with Gasteiger partial charge in [-0.1, -0.05) is 17.8 Å². The summed E-state index contributed by atoms with van der Waals surface area (Å²) in [6.07, 6.45) is 3.52. The Morgan fingerprint density at radius 1 is 1.48 bits per heavy atom. The van der Waals surface area contributed by atoms with Crippen LogP contribution in [-0.2, 0) is 6.54 Å². The molecule has 3 heterocycles. The predicted molar refractivity (Wildman–Crippen MR) is 90.5 cm³/mol. The van der Waals surface area contributed by atoms with Crippen LogP contribution in [-0.4, -0.2) is 14.5 Å². The van der Waals surface area contributed by atoms with E-state index in [1.165, 1.54) is 11.3 Å². The summed E-state index contributed by atoms with van der Waals surface area (Å²) in [4.78, 5) is 22.3. The average molecular weight is 335 g/mol. The zero-order valence-corrected chi connectivity index (χ0v) is 13.8. The van der Waals surface area contributed by atoms with Gasteiger partial charge in [0.05, 0.1) is 10.6 Å². The van der Waals surface area contributed by atoms with E-state index in [0.29, 0.717) is 11.9 Å². The molecule has 108 valence electrons. The van der Waals surface area contributed by atoms with Crippen LogP contribution in [0.1, 0.15) is 17.2 Å². The molecule has 0 saturated heterocycles. The first-order valence-electron chi connectivity index (χ1n) is 6.35. The lowest BCUT2D eigenvalue weighted by atomic mass is 10.4. The van der Waals surface area contributed by atoms with Crippen molar-refractivity contribution in [3.05, 3.63) is 51.0 Å². The molecule has 0 fully saturated rings. The van der Waals surface area contributed by atoms with Crippen LogP contribution >= 0.6 is 34.4 Å². The Hall–Kier alpha value is -1.44. The summed E-state index contributed by atoms with van der Waals surface area (Å²) in [5.74, 6) is 0. The van der Waals surface area contributed by atoms with E-state index in [9.17, 15) is 4.79 Å². The van der Waals surface area contributed by atoms with Crippen LogP contribution in [0, 0.1) is 0 Å². The highest BCUT2D eigenvalue weighted by atomic mass is 32.2. The van der Waals surface area contributed by atoms with E-state index in [1.807, 2.05) is 16.8 Å². The van der Waals surface area contributed by atoms with Crippen LogP contribution < -0.4 is 5.56 Å². The third-order valence-corrected chi connectivity index (χ3v) is 5.95. The number of fused-ring (bicyclic) bond motifs is 1.